The molecule has 112 valence electrons. The normalized spacial score (nSPS) is 10.9. The molecule has 0 spiro atoms. The SMILES string of the molecule is CC(C)NCc1cccc(COc2cc(Cl)ccc2Cl)c1. The third-order valence-electron chi connectivity index (χ3n) is 2.99. The highest BCUT2D eigenvalue weighted by molar-refractivity contribution is 6.34. The fourth-order valence-electron chi connectivity index (χ4n) is 1.90. The van der Waals surface area contributed by atoms with Crippen molar-refractivity contribution < 1.29 is 4.74 Å². The molecule has 1 N–H and O–H groups in total. The highest BCUT2D eigenvalue weighted by Crippen LogP contribution is 2.28. The summed E-state index contributed by atoms with van der Waals surface area (Å²) in [5, 5.41) is 4.58. The predicted octanol–water partition coefficient (Wildman–Crippen LogP) is 5.07. The summed E-state index contributed by atoms with van der Waals surface area (Å²) in [4.78, 5) is 0. The van der Waals surface area contributed by atoms with Gasteiger partial charge in [-0.25, -0.2) is 0 Å². The van der Waals surface area contributed by atoms with Crippen LogP contribution in [0.1, 0.15) is 25.0 Å². The van der Waals surface area contributed by atoms with Crippen molar-refractivity contribution in [3.8, 4) is 5.75 Å². The zero-order valence-electron chi connectivity index (χ0n) is 12.2. The fourth-order valence-corrected chi connectivity index (χ4v) is 2.23. The molecule has 21 heavy (non-hydrogen) atoms. The first-order valence-corrected chi connectivity index (χ1v) is 7.69. The summed E-state index contributed by atoms with van der Waals surface area (Å²) in [6.45, 7) is 5.58. The molecule has 0 aliphatic carbocycles. The molecule has 2 aromatic rings. The molecule has 0 fully saturated rings. The maximum Gasteiger partial charge on any atom is 0.139 e. The highest BCUT2D eigenvalue weighted by Gasteiger charge is 2.04. The van der Waals surface area contributed by atoms with E-state index in [0.717, 1.165) is 12.1 Å². The van der Waals surface area contributed by atoms with Crippen molar-refractivity contribution in [2.45, 2.75) is 33.0 Å². The molecule has 0 aliphatic rings. The average Bonchev–Trinajstić information content (AvgIpc) is 2.46. The molecular weight excluding hydrogens is 305 g/mol. The second-order valence-corrected chi connectivity index (χ2v) is 6.06. The summed E-state index contributed by atoms with van der Waals surface area (Å²) in [5.41, 5.74) is 2.34. The second kappa shape index (κ2) is 7.69. The summed E-state index contributed by atoms with van der Waals surface area (Å²) in [6, 6.07) is 14.0. The summed E-state index contributed by atoms with van der Waals surface area (Å²) >= 11 is 12.0. The van der Waals surface area contributed by atoms with E-state index >= 15 is 0 Å². The van der Waals surface area contributed by atoms with Gasteiger partial charge in [-0.3, -0.25) is 0 Å². The molecule has 0 unspecified atom stereocenters. The van der Waals surface area contributed by atoms with Gasteiger partial charge < -0.3 is 10.1 Å². The number of hydrogen-bond acceptors (Lipinski definition) is 2. The Morgan fingerprint density at radius 2 is 1.81 bits per heavy atom. The van der Waals surface area contributed by atoms with Crippen LogP contribution in [0.15, 0.2) is 42.5 Å². The van der Waals surface area contributed by atoms with Gasteiger partial charge in [0.1, 0.15) is 12.4 Å². The quantitative estimate of drug-likeness (QED) is 0.801. The van der Waals surface area contributed by atoms with Crippen LogP contribution in [-0.2, 0) is 13.2 Å². The van der Waals surface area contributed by atoms with Crippen molar-refractivity contribution in [1.29, 1.82) is 0 Å². The second-order valence-electron chi connectivity index (χ2n) is 5.22. The van der Waals surface area contributed by atoms with Crippen molar-refractivity contribution in [3.05, 3.63) is 63.6 Å². The summed E-state index contributed by atoms with van der Waals surface area (Å²) < 4.78 is 5.75. The van der Waals surface area contributed by atoms with Gasteiger partial charge in [0.05, 0.1) is 5.02 Å². The smallest absolute Gasteiger partial charge is 0.139 e. The van der Waals surface area contributed by atoms with E-state index in [1.54, 1.807) is 18.2 Å². The fraction of sp³-hybridized carbons (Fsp3) is 0.294. The Balaban J connectivity index is 1.99. The van der Waals surface area contributed by atoms with Crippen molar-refractivity contribution >= 4 is 23.2 Å². The Bertz CT molecular complexity index is 599. The van der Waals surface area contributed by atoms with Crippen LogP contribution in [-0.4, -0.2) is 6.04 Å². The van der Waals surface area contributed by atoms with Gasteiger partial charge in [0.15, 0.2) is 0 Å². The minimum absolute atomic E-state index is 0.468. The molecule has 0 bridgehead atoms. The Morgan fingerprint density at radius 1 is 1.05 bits per heavy atom. The first-order valence-electron chi connectivity index (χ1n) is 6.93. The van der Waals surface area contributed by atoms with Crippen LogP contribution in [0.5, 0.6) is 5.75 Å². The molecule has 0 aliphatic heterocycles. The van der Waals surface area contributed by atoms with Crippen molar-refractivity contribution in [2.75, 3.05) is 0 Å². The molecule has 4 heteroatoms. The number of rotatable bonds is 6. The summed E-state index contributed by atoms with van der Waals surface area (Å²) in [7, 11) is 0. The first-order chi connectivity index (χ1) is 10.0. The standard InChI is InChI=1S/C17H19Cl2NO/c1-12(2)20-10-13-4-3-5-14(8-13)11-21-17-9-15(18)6-7-16(17)19/h3-9,12,20H,10-11H2,1-2H3. The van der Waals surface area contributed by atoms with E-state index in [9.17, 15) is 0 Å². The van der Waals surface area contributed by atoms with Gasteiger partial charge in [-0.1, -0.05) is 61.3 Å². The van der Waals surface area contributed by atoms with Crippen LogP contribution in [0.25, 0.3) is 0 Å². The van der Waals surface area contributed by atoms with Crippen LogP contribution < -0.4 is 10.1 Å². The molecule has 0 atom stereocenters. The number of nitrogens with one attached hydrogen (secondary N) is 1. The molecule has 0 radical (unpaired) electrons. The zero-order valence-corrected chi connectivity index (χ0v) is 13.7. The maximum absolute atomic E-state index is 6.08. The monoisotopic (exact) mass is 323 g/mol. The van der Waals surface area contributed by atoms with Gasteiger partial charge in [-0.2, -0.15) is 0 Å². The Morgan fingerprint density at radius 3 is 2.57 bits per heavy atom. The average molecular weight is 324 g/mol. The molecule has 2 aromatic carbocycles. The van der Waals surface area contributed by atoms with Crippen LogP contribution in [0.2, 0.25) is 10.0 Å². The van der Waals surface area contributed by atoms with Gasteiger partial charge in [0.2, 0.25) is 0 Å². The molecular formula is C17H19Cl2NO. The van der Waals surface area contributed by atoms with Crippen LogP contribution in [0, 0.1) is 0 Å². The van der Waals surface area contributed by atoms with E-state index in [1.165, 1.54) is 5.56 Å². The minimum atomic E-state index is 0.468. The molecule has 0 amide bonds. The van der Waals surface area contributed by atoms with E-state index in [-0.39, 0.29) is 0 Å². The van der Waals surface area contributed by atoms with Gasteiger partial charge in [0, 0.05) is 23.7 Å². The van der Waals surface area contributed by atoms with Crippen molar-refractivity contribution in [1.82, 2.24) is 5.32 Å². The zero-order chi connectivity index (χ0) is 15.2. The van der Waals surface area contributed by atoms with Crippen LogP contribution in [0.4, 0.5) is 0 Å². The van der Waals surface area contributed by atoms with E-state index in [2.05, 4.69) is 31.3 Å². The lowest BCUT2D eigenvalue weighted by atomic mass is 10.1. The number of benzene rings is 2. The topological polar surface area (TPSA) is 21.3 Å². The summed E-state index contributed by atoms with van der Waals surface area (Å²) in [5.74, 6) is 0.606. The largest absolute Gasteiger partial charge is 0.487 e. The number of halogens is 2. The Hall–Kier alpha value is -1.22. The van der Waals surface area contributed by atoms with Crippen molar-refractivity contribution in [3.63, 3.8) is 0 Å². The van der Waals surface area contributed by atoms with Crippen LogP contribution in [0.3, 0.4) is 0 Å². The van der Waals surface area contributed by atoms with Gasteiger partial charge >= 0.3 is 0 Å². The Labute approximate surface area is 136 Å². The van der Waals surface area contributed by atoms with Gasteiger partial charge in [-0.15, -0.1) is 0 Å². The lowest BCUT2D eigenvalue weighted by Crippen LogP contribution is -2.21. The van der Waals surface area contributed by atoms with Gasteiger partial charge in [0.25, 0.3) is 0 Å². The molecule has 2 nitrogen and oxygen atoms in total. The minimum Gasteiger partial charge on any atom is -0.487 e. The molecule has 0 saturated carbocycles. The predicted molar refractivity (Wildman–Crippen MR) is 89.2 cm³/mol. The van der Waals surface area contributed by atoms with Crippen molar-refractivity contribution in [2.24, 2.45) is 0 Å². The number of hydrogen-bond donors (Lipinski definition) is 1. The molecule has 0 aromatic heterocycles. The van der Waals surface area contributed by atoms with E-state index in [0.29, 0.717) is 28.4 Å². The molecule has 2 rings (SSSR count). The third kappa shape index (κ3) is 5.24. The van der Waals surface area contributed by atoms with E-state index in [1.807, 2.05) is 12.1 Å². The summed E-state index contributed by atoms with van der Waals surface area (Å²) in [6.07, 6.45) is 0. The third-order valence-corrected chi connectivity index (χ3v) is 3.54. The highest BCUT2D eigenvalue weighted by atomic mass is 35.5. The first kappa shape index (κ1) is 16.2. The lowest BCUT2D eigenvalue weighted by molar-refractivity contribution is 0.306. The maximum atomic E-state index is 6.08. The number of ether oxygens (including phenoxy) is 1. The van der Waals surface area contributed by atoms with Gasteiger partial charge in [-0.05, 0) is 23.3 Å². The van der Waals surface area contributed by atoms with E-state index < -0.39 is 0 Å². The Kier molecular flexibility index (Phi) is 5.92. The molecule has 0 heterocycles. The lowest BCUT2D eigenvalue weighted by Gasteiger charge is -2.11. The van der Waals surface area contributed by atoms with Crippen LogP contribution >= 0.6 is 23.2 Å². The molecule has 0 saturated heterocycles. The van der Waals surface area contributed by atoms with E-state index in [4.69, 9.17) is 27.9 Å².